The Morgan fingerprint density at radius 1 is 1.33 bits per heavy atom. The highest BCUT2D eigenvalue weighted by Crippen LogP contribution is 2.14. The van der Waals surface area contributed by atoms with Gasteiger partial charge in [0.2, 0.25) is 0 Å². The van der Waals surface area contributed by atoms with E-state index >= 15 is 0 Å². The molecule has 1 heterocycles. The maximum absolute atomic E-state index is 5.65. The van der Waals surface area contributed by atoms with Crippen LogP contribution in [-0.2, 0) is 11.2 Å². The highest BCUT2D eigenvalue weighted by molar-refractivity contribution is 5.06. The van der Waals surface area contributed by atoms with Gasteiger partial charge in [-0.3, -0.25) is 4.98 Å². The Morgan fingerprint density at radius 3 is 2.61 bits per heavy atom. The van der Waals surface area contributed by atoms with Crippen molar-refractivity contribution >= 4 is 0 Å². The van der Waals surface area contributed by atoms with Crippen molar-refractivity contribution in [3.63, 3.8) is 0 Å². The molecule has 0 amide bonds. The predicted octanol–water partition coefficient (Wildman–Crippen LogP) is 2.66. The third kappa shape index (κ3) is 4.75. The number of nitrogens with one attached hydrogen (secondary N) is 1. The van der Waals surface area contributed by atoms with Crippen LogP contribution in [0.4, 0.5) is 0 Å². The summed E-state index contributed by atoms with van der Waals surface area (Å²) < 4.78 is 5.65. The van der Waals surface area contributed by atoms with E-state index in [0.717, 1.165) is 25.1 Å². The van der Waals surface area contributed by atoms with E-state index in [0.29, 0.717) is 12.0 Å². The van der Waals surface area contributed by atoms with Gasteiger partial charge in [0.25, 0.3) is 0 Å². The van der Waals surface area contributed by atoms with E-state index in [2.05, 4.69) is 37.1 Å². The molecule has 0 fully saturated rings. The number of methoxy groups -OCH3 is 1. The minimum absolute atomic E-state index is 0.221. The van der Waals surface area contributed by atoms with Crippen LogP contribution in [0.1, 0.15) is 32.9 Å². The Labute approximate surface area is 111 Å². The minimum atomic E-state index is 0.221. The average Bonchev–Trinajstić information content (AvgIpc) is 2.37. The number of ether oxygens (including phenoxy) is 1. The third-order valence-corrected chi connectivity index (χ3v) is 3.14. The lowest BCUT2D eigenvalue weighted by molar-refractivity contribution is 0.0330. The lowest BCUT2D eigenvalue weighted by Gasteiger charge is -2.29. The first-order valence-corrected chi connectivity index (χ1v) is 6.85. The molecular weight excluding hydrogens is 224 g/mol. The van der Waals surface area contributed by atoms with Crippen molar-refractivity contribution in [1.29, 1.82) is 0 Å². The number of rotatable bonds is 8. The van der Waals surface area contributed by atoms with Gasteiger partial charge in [-0.15, -0.1) is 0 Å². The van der Waals surface area contributed by atoms with Gasteiger partial charge >= 0.3 is 0 Å². The van der Waals surface area contributed by atoms with E-state index in [1.807, 2.05) is 18.3 Å². The molecule has 2 unspecified atom stereocenters. The van der Waals surface area contributed by atoms with Gasteiger partial charge < -0.3 is 10.1 Å². The summed E-state index contributed by atoms with van der Waals surface area (Å²) in [4.78, 5) is 4.41. The summed E-state index contributed by atoms with van der Waals surface area (Å²) >= 11 is 0. The molecule has 18 heavy (non-hydrogen) atoms. The Morgan fingerprint density at radius 2 is 2.11 bits per heavy atom. The normalized spacial score (nSPS) is 14.7. The zero-order chi connectivity index (χ0) is 13.4. The largest absolute Gasteiger partial charge is 0.380 e. The van der Waals surface area contributed by atoms with Crippen LogP contribution in [0.5, 0.6) is 0 Å². The molecule has 1 aromatic heterocycles. The van der Waals surface area contributed by atoms with Gasteiger partial charge in [0.15, 0.2) is 0 Å². The van der Waals surface area contributed by atoms with Crippen LogP contribution in [0.15, 0.2) is 24.4 Å². The molecule has 0 aliphatic rings. The molecule has 0 saturated carbocycles. The van der Waals surface area contributed by atoms with Gasteiger partial charge in [0, 0.05) is 31.5 Å². The number of hydrogen-bond acceptors (Lipinski definition) is 3. The first kappa shape index (κ1) is 15.1. The monoisotopic (exact) mass is 250 g/mol. The SMILES string of the molecule is CCCNC(Cc1ccccn1)C(OC)C(C)C. The van der Waals surface area contributed by atoms with E-state index in [-0.39, 0.29) is 6.10 Å². The molecule has 3 nitrogen and oxygen atoms in total. The Bertz CT molecular complexity index is 314. The predicted molar refractivity (Wildman–Crippen MR) is 75.7 cm³/mol. The Kier molecular flexibility index (Phi) is 6.91. The lowest BCUT2D eigenvalue weighted by Crippen LogP contribution is -2.45. The molecule has 1 N–H and O–H groups in total. The van der Waals surface area contributed by atoms with Crippen LogP contribution in [0.2, 0.25) is 0 Å². The summed E-state index contributed by atoms with van der Waals surface area (Å²) in [6, 6.07) is 6.39. The Hall–Kier alpha value is -0.930. The van der Waals surface area contributed by atoms with Crippen LogP contribution >= 0.6 is 0 Å². The van der Waals surface area contributed by atoms with Crippen LogP contribution in [0, 0.1) is 5.92 Å². The van der Waals surface area contributed by atoms with E-state index in [4.69, 9.17) is 4.74 Å². The summed E-state index contributed by atoms with van der Waals surface area (Å²) in [7, 11) is 1.80. The second-order valence-corrected chi connectivity index (χ2v) is 5.03. The molecule has 0 aliphatic heterocycles. The quantitative estimate of drug-likeness (QED) is 0.770. The van der Waals surface area contributed by atoms with Crippen molar-refractivity contribution in [2.75, 3.05) is 13.7 Å². The minimum Gasteiger partial charge on any atom is -0.380 e. The molecule has 0 aromatic carbocycles. The standard InChI is InChI=1S/C15H26N2O/c1-5-9-17-14(15(18-4)12(2)3)11-13-8-6-7-10-16-13/h6-8,10,12,14-15,17H,5,9,11H2,1-4H3. The summed E-state index contributed by atoms with van der Waals surface area (Å²) in [6.07, 6.45) is 4.12. The smallest absolute Gasteiger partial charge is 0.0750 e. The summed E-state index contributed by atoms with van der Waals surface area (Å²) in [6.45, 7) is 7.60. The maximum atomic E-state index is 5.65. The molecule has 0 spiro atoms. The topological polar surface area (TPSA) is 34.2 Å². The first-order valence-electron chi connectivity index (χ1n) is 6.85. The van der Waals surface area contributed by atoms with Crippen LogP contribution < -0.4 is 5.32 Å². The van der Waals surface area contributed by atoms with Crippen LogP contribution in [0.25, 0.3) is 0 Å². The zero-order valence-corrected chi connectivity index (χ0v) is 12.0. The van der Waals surface area contributed by atoms with E-state index in [1.54, 1.807) is 7.11 Å². The van der Waals surface area contributed by atoms with Gasteiger partial charge in [0.1, 0.15) is 0 Å². The fourth-order valence-corrected chi connectivity index (χ4v) is 2.28. The van der Waals surface area contributed by atoms with Crippen molar-refractivity contribution in [3.05, 3.63) is 30.1 Å². The van der Waals surface area contributed by atoms with Crippen molar-refractivity contribution in [3.8, 4) is 0 Å². The highest BCUT2D eigenvalue weighted by atomic mass is 16.5. The number of nitrogens with zero attached hydrogens (tertiary/aromatic N) is 1. The zero-order valence-electron chi connectivity index (χ0n) is 12.0. The molecule has 102 valence electrons. The van der Waals surface area contributed by atoms with Gasteiger partial charge in [-0.05, 0) is 31.0 Å². The summed E-state index contributed by atoms with van der Waals surface area (Å²) in [5, 5.41) is 3.59. The van der Waals surface area contributed by atoms with E-state index in [1.165, 1.54) is 0 Å². The third-order valence-electron chi connectivity index (χ3n) is 3.14. The van der Waals surface area contributed by atoms with Crippen molar-refractivity contribution in [2.45, 2.75) is 45.8 Å². The van der Waals surface area contributed by atoms with Gasteiger partial charge in [-0.25, -0.2) is 0 Å². The van der Waals surface area contributed by atoms with Gasteiger partial charge in [0.05, 0.1) is 6.10 Å². The molecule has 3 heteroatoms. The molecule has 0 radical (unpaired) electrons. The molecule has 1 aromatic rings. The molecule has 2 atom stereocenters. The van der Waals surface area contributed by atoms with Crippen LogP contribution in [-0.4, -0.2) is 30.8 Å². The molecule has 0 saturated heterocycles. The fraction of sp³-hybridized carbons (Fsp3) is 0.667. The molecule has 0 aliphatic carbocycles. The van der Waals surface area contributed by atoms with Gasteiger partial charge in [-0.1, -0.05) is 26.8 Å². The lowest BCUT2D eigenvalue weighted by atomic mass is 9.95. The van der Waals surface area contributed by atoms with E-state index in [9.17, 15) is 0 Å². The highest BCUT2D eigenvalue weighted by Gasteiger charge is 2.24. The molecular formula is C15H26N2O. The maximum Gasteiger partial charge on any atom is 0.0750 e. The molecule has 0 bridgehead atoms. The number of hydrogen-bond donors (Lipinski definition) is 1. The Balaban J connectivity index is 2.71. The van der Waals surface area contributed by atoms with Crippen molar-refractivity contribution in [2.24, 2.45) is 5.92 Å². The second kappa shape index (κ2) is 8.22. The summed E-state index contributed by atoms with van der Waals surface area (Å²) in [5.41, 5.74) is 1.12. The number of pyridine rings is 1. The summed E-state index contributed by atoms with van der Waals surface area (Å²) in [5.74, 6) is 0.494. The second-order valence-electron chi connectivity index (χ2n) is 5.03. The van der Waals surface area contributed by atoms with E-state index < -0.39 is 0 Å². The first-order chi connectivity index (χ1) is 8.69. The van der Waals surface area contributed by atoms with Gasteiger partial charge in [-0.2, -0.15) is 0 Å². The molecule has 1 rings (SSSR count). The van der Waals surface area contributed by atoms with Crippen LogP contribution in [0.3, 0.4) is 0 Å². The number of aromatic nitrogens is 1. The van der Waals surface area contributed by atoms with Crippen molar-refractivity contribution < 1.29 is 4.74 Å². The average molecular weight is 250 g/mol. The fourth-order valence-electron chi connectivity index (χ4n) is 2.28. The van der Waals surface area contributed by atoms with Crippen molar-refractivity contribution in [1.82, 2.24) is 10.3 Å².